The van der Waals surface area contributed by atoms with Crippen LogP contribution in [0.25, 0.3) is 0 Å². The van der Waals surface area contributed by atoms with Crippen LogP contribution in [0.3, 0.4) is 0 Å². The van der Waals surface area contributed by atoms with Crippen molar-refractivity contribution in [3.05, 3.63) is 12.7 Å². The molecule has 0 atom stereocenters. The minimum Gasteiger partial charge on any atom is -0.452 e. The number of nitrogens with zero attached hydrogens (tertiary/aromatic N) is 2. The van der Waals surface area contributed by atoms with Crippen LogP contribution in [0.5, 0.6) is 0 Å². The first kappa shape index (κ1) is 14.0. The van der Waals surface area contributed by atoms with E-state index < -0.39 is 5.97 Å². The molecule has 0 bridgehead atoms. The quantitative estimate of drug-likeness (QED) is 0.498. The van der Waals surface area contributed by atoms with Crippen LogP contribution in [0.15, 0.2) is 12.7 Å². The lowest BCUT2D eigenvalue weighted by molar-refractivity contribution is -0.147. The average molecular weight is 255 g/mol. The molecule has 0 aliphatic carbocycles. The lowest BCUT2D eigenvalue weighted by Crippen LogP contribution is -2.39. The number of urea groups is 1. The molecule has 0 aromatic heterocycles. The van der Waals surface area contributed by atoms with Gasteiger partial charge in [0.25, 0.3) is 5.91 Å². The Morgan fingerprint density at radius 2 is 2.33 bits per heavy atom. The Morgan fingerprint density at radius 3 is 2.89 bits per heavy atom. The van der Waals surface area contributed by atoms with Crippen molar-refractivity contribution in [1.82, 2.24) is 15.1 Å². The summed E-state index contributed by atoms with van der Waals surface area (Å²) in [5, 5.41) is 2.67. The monoisotopic (exact) mass is 255 g/mol. The van der Waals surface area contributed by atoms with Gasteiger partial charge < -0.3 is 19.9 Å². The van der Waals surface area contributed by atoms with Crippen molar-refractivity contribution in [3.8, 4) is 0 Å². The maximum atomic E-state index is 11.5. The van der Waals surface area contributed by atoms with Crippen molar-refractivity contribution in [2.24, 2.45) is 0 Å². The fourth-order valence-electron chi connectivity index (χ4n) is 1.42. The van der Waals surface area contributed by atoms with E-state index in [1.165, 1.54) is 4.90 Å². The van der Waals surface area contributed by atoms with Gasteiger partial charge in [0.15, 0.2) is 6.61 Å². The normalized spacial score (nSPS) is 14.1. The van der Waals surface area contributed by atoms with Crippen molar-refractivity contribution in [2.75, 3.05) is 39.8 Å². The minimum atomic E-state index is -0.629. The van der Waals surface area contributed by atoms with Crippen LogP contribution in [0.1, 0.15) is 0 Å². The van der Waals surface area contributed by atoms with Gasteiger partial charge in [-0.1, -0.05) is 6.58 Å². The largest absolute Gasteiger partial charge is 0.452 e. The molecule has 1 rings (SSSR count). The van der Waals surface area contributed by atoms with E-state index in [2.05, 4.69) is 16.6 Å². The number of ether oxygens (including phenoxy) is 1. The van der Waals surface area contributed by atoms with E-state index in [0.29, 0.717) is 26.2 Å². The smallest absolute Gasteiger partial charge is 0.330 e. The van der Waals surface area contributed by atoms with E-state index in [-0.39, 0.29) is 18.5 Å². The molecule has 1 heterocycles. The molecule has 0 unspecified atom stereocenters. The highest BCUT2D eigenvalue weighted by molar-refractivity contribution is 5.85. The van der Waals surface area contributed by atoms with Gasteiger partial charge in [-0.3, -0.25) is 4.79 Å². The Morgan fingerprint density at radius 1 is 1.61 bits per heavy atom. The zero-order valence-electron chi connectivity index (χ0n) is 10.3. The van der Waals surface area contributed by atoms with Crippen LogP contribution >= 0.6 is 0 Å². The molecule has 7 heteroatoms. The van der Waals surface area contributed by atoms with Crippen LogP contribution in [0.4, 0.5) is 4.79 Å². The van der Waals surface area contributed by atoms with Crippen molar-refractivity contribution >= 4 is 17.9 Å². The number of amides is 3. The van der Waals surface area contributed by atoms with Crippen molar-refractivity contribution < 1.29 is 19.1 Å². The molecule has 1 aliphatic rings. The van der Waals surface area contributed by atoms with Crippen LogP contribution in [0.2, 0.25) is 0 Å². The number of hydrogen-bond donors (Lipinski definition) is 1. The summed E-state index contributed by atoms with van der Waals surface area (Å²) in [6.45, 7) is 5.06. The molecule has 0 spiro atoms. The maximum absolute atomic E-state index is 11.5. The Hall–Kier alpha value is -2.05. The third-order valence-electron chi connectivity index (χ3n) is 2.58. The number of carbonyl (C=O) groups is 3. The Bertz CT molecular complexity index is 356. The predicted molar refractivity (Wildman–Crippen MR) is 63.8 cm³/mol. The van der Waals surface area contributed by atoms with E-state index >= 15 is 0 Å². The summed E-state index contributed by atoms with van der Waals surface area (Å²) >= 11 is 0. The molecule has 0 aromatic carbocycles. The summed E-state index contributed by atoms with van der Waals surface area (Å²) in [6.07, 6.45) is 1.00. The highest BCUT2D eigenvalue weighted by atomic mass is 16.5. The molecule has 1 aliphatic heterocycles. The first-order chi connectivity index (χ1) is 8.54. The number of likely N-dealkylation sites (N-methyl/N-ethyl adjacent to an activating group) is 1. The number of hydrogen-bond acceptors (Lipinski definition) is 4. The predicted octanol–water partition coefficient (Wildman–Crippen LogP) is -0.801. The summed E-state index contributed by atoms with van der Waals surface area (Å²) in [6, 6.07) is -0.117. The molecule has 100 valence electrons. The molecule has 0 radical (unpaired) electrons. The standard InChI is InChI=1S/C11H17N3O4/c1-3-10(16)18-8-9(15)13(2)6-7-14-5-4-12-11(14)17/h3H,1,4-8H2,2H3,(H,12,17). The van der Waals surface area contributed by atoms with Gasteiger partial charge >= 0.3 is 12.0 Å². The van der Waals surface area contributed by atoms with Gasteiger partial charge in [0.1, 0.15) is 0 Å². The minimum absolute atomic E-state index is 0.117. The molecule has 3 amide bonds. The van der Waals surface area contributed by atoms with E-state index in [1.54, 1.807) is 11.9 Å². The summed E-state index contributed by atoms with van der Waals surface area (Å²) < 4.78 is 4.63. The third kappa shape index (κ3) is 4.08. The molecule has 0 aromatic rings. The van der Waals surface area contributed by atoms with Crippen LogP contribution < -0.4 is 5.32 Å². The van der Waals surface area contributed by atoms with Gasteiger partial charge in [0.05, 0.1) is 0 Å². The number of esters is 1. The molecule has 18 heavy (non-hydrogen) atoms. The van der Waals surface area contributed by atoms with Crippen LogP contribution in [-0.4, -0.2) is 67.5 Å². The van der Waals surface area contributed by atoms with Gasteiger partial charge in [-0.05, 0) is 0 Å². The molecular formula is C11H17N3O4. The summed E-state index contributed by atoms with van der Waals surface area (Å²) in [5.41, 5.74) is 0. The van der Waals surface area contributed by atoms with Gasteiger partial charge in [-0.2, -0.15) is 0 Å². The Labute approximate surface area is 105 Å². The van der Waals surface area contributed by atoms with Crippen LogP contribution in [0, 0.1) is 0 Å². The van der Waals surface area contributed by atoms with E-state index in [4.69, 9.17) is 0 Å². The highest BCUT2D eigenvalue weighted by Gasteiger charge is 2.20. The maximum Gasteiger partial charge on any atom is 0.330 e. The zero-order chi connectivity index (χ0) is 13.5. The molecule has 1 saturated heterocycles. The third-order valence-corrected chi connectivity index (χ3v) is 2.58. The van der Waals surface area contributed by atoms with Crippen LogP contribution in [-0.2, 0) is 14.3 Å². The first-order valence-electron chi connectivity index (χ1n) is 5.60. The molecule has 1 N–H and O–H groups in total. The summed E-state index contributed by atoms with van der Waals surface area (Å²) in [7, 11) is 1.60. The summed E-state index contributed by atoms with van der Waals surface area (Å²) in [4.78, 5) is 36.6. The first-order valence-corrected chi connectivity index (χ1v) is 5.60. The Balaban J connectivity index is 2.24. The zero-order valence-corrected chi connectivity index (χ0v) is 10.3. The van der Waals surface area contributed by atoms with E-state index in [1.807, 2.05) is 0 Å². The molecule has 0 saturated carbocycles. The second kappa shape index (κ2) is 6.63. The number of nitrogens with one attached hydrogen (secondary N) is 1. The van der Waals surface area contributed by atoms with Gasteiger partial charge in [0, 0.05) is 39.3 Å². The van der Waals surface area contributed by atoms with Crippen molar-refractivity contribution in [3.63, 3.8) is 0 Å². The fourth-order valence-corrected chi connectivity index (χ4v) is 1.42. The molecule has 1 fully saturated rings. The summed E-state index contributed by atoms with van der Waals surface area (Å²) in [5.74, 6) is -0.944. The average Bonchev–Trinajstić information content (AvgIpc) is 2.78. The highest BCUT2D eigenvalue weighted by Crippen LogP contribution is 1.97. The van der Waals surface area contributed by atoms with Crippen molar-refractivity contribution in [2.45, 2.75) is 0 Å². The lowest BCUT2D eigenvalue weighted by atomic mass is 10.4. The topological polar surface area (TPSA) is 79.0 Å². The van der Waals surface area contributed by atoms with Crippen molar-refractivity contribution in [1.29, 1.82) is 0 Å². The molecular weight excluding hydrogens is 238 g/mol. The van der Waals surface area contributed by atoms with E-state index in [0.717, 1.165) is 6.08 Å². The van der Waals surface area contributed by atoms with Gasteiger partial charge in [-0.25, -0.2) is 9.59 Å². The SMILES string of the molecule is C=CC(=O)OCC(=O)N(C)CCN1CCNC1=O. The number of carbonyl (C=O) groups excluding carboxylic acids is 3. The van der Waals surface area contributed by atoms with Gasteiger partial charge in [0.2, 0.25) is 0 Å². The Kier molecular flexibility index (Phi) is 5.16. The second-order valence-electron chi connectivity index (χ2n) is 3.85. The number of rotatable bonds is 6. The molecule has 7 nitrogen and oxygen atoms in total. The fraction of sp³-hybridized carbons (Fsp3) is 0.545. The van der Waals surface area contributed by atoms with Gasteiger partial charge in [-0.15, -0.1) is 0 Å². The second-order valence-corrected chi connectivity index (χ2v) is 3.85. The lowest BCUT2D eigenvalue weighted by Gasteiger charge is -2.20. The van der Waals surface area contributed by atoms with E-state index in [9.17, 15) is 14.4 Å².